The highest BCUT2D eigenvalue weighted by Gasteiger charge is 2.20. The maximum absolute atomic E-state index is 9.57. The van der Waals surface area contributed by atoms with Crippen molar-refractivity contribution in [2.45, 2.75) is 45.8 Å². The molecule has 3 heterocycles. The normalized spacial score (nSPS) is 19.1. The third-order valence-corrected chi connectivity index (χ3v) is 4.52. The molecule has 1 saturated heterocycles. The van der Waals surface area contributed by atoms with Crippen molar-refractivity contribution in [2.24, 2.45) is 5.92 Å². The highest BCUT2D eigenvalue weighted by atomic mass is 16.3. The molecule has 0 amide bonds. The van der Waals surface area contributed by atoms with Gasteiger partial charge >= 0.3 is 0 Å². The predicted octanol–water partition coefficient (Wildman–Crippen LogP) is 1.05. The van der Waals surface area contributed by atoms with Gasteiger partial charge in [0.25, 0.3) is 0 Å². The molecule has 1 aliphatic rings. The van der Waals surface area contributed by atoms with Crippen LogP contribution >= 0.6 is 0 Å². The minimum Gasteiger partial charge on any atom is -0.394 e. The molecular formula is C16H27N7O. The molecular weight excluding hydrogens is 306 g/mol. The molecule has 0 aliphatic carbocycles. The third kappa shape index (κ3) is 3.44. The summed E-state index contributed by atoms with van der Waals surface area (Å²) >= 11 is 0. The summed E-state index contributed by atoms with van der Waals surface area (Å²) in [5.41, 5.74) is 1.60. The maximum Gasteiger partial charge on any atom is 0.227 e. The van der Waals surface area contributed by atoms with Crippen molar-refractivity contribution in [2.75, 3.05) is 30.3 Å². The minimum absolute atomic E-state index is 0.0431. The Morgan fingerprint density at radius 2 is 2.25 bits per heavy atom. The van der Waals surface area contributed by atoms with Crippen molar-refractivity contribution >= 4 is 22.9 Å². The van der Waals surface area contributed by atoms with E-state index in [-0.39, 0.29) is 18.6 Å². The minimum atomic E-state index is -0.0820. The summed E-state index contributed by atoms with van der Waals surface area (Å²) < 4.78 is 2.00. The number of hydrogen-bond donors (Lipinski definition) is 4. The van der Waals surface area contributed by atoms with Gasteiger partial charge in [-0.2, -0.15) is 9.97 Å². The Morgan fingerprint density at radius 1 is 1.42 bits per heavy atom. The lowest BCUT2D eigenvalue weighted by Crippen LogP contribution is -2.30. The number of anilines is 2. The monoisotopic (exact) mass is 333 g/mol. The molecule has 132 valence electrons. The van der Waals surface area contributed by atoms with Crippen LogP contribution in [0.1, 0.15) is 27.2 Å². The van der Waals surface area contributed by atoms with Gasteiger partial charge in [-0.25, -0.2) is 4.98 Å². The first-order valence-corrected chi connectivity index (χ1v) is 8.69. The number of imidazole rings is 1. The summed E-state index contributed by atoms with van der Waals surface area (Å²) in [4.78, 5) is 13.7. The van der Waals surface area contributed by atoms with E-state index in [0.717, 1.165) is 43.0 Å². The summed E-state index contributed by atoms with van der Waals surface area (Å²) in [6.45, 7) is 8.97. The lowest BCUT2D eigenvalue weighted by atomic mass is 10.1. The molecule has 1 fully saturated rings. The highest BCUT2D eigenvalue weighted by Crippen LogP contribution is 2.23. The van der Waals surface area contributed by atoms with E-state index in [2.05, 4.69) is 51.7 Å². The number of rotatable bonds is 7. The lowest BCUT2D eigenvalue weighted by Gasteiger charge is -2.21. The molecule has 4 N–H and O–H groups in total. The Morgan fingerprint density at radius 3 is 2.88 bits per heavy atom. The van der Waals surface area contributed by atoms with Gasteiger partial charge < -0.3 is 25.6 Å². The molecule has 0 aromatic carbocycles. The van der Waals surface area contributed by atoms with Gasteiger partial charge in [0.05, 0.1) is 19.0 Å². The smallest absolute Gasteiger partial charge is 0.227 e. The van der Waals surface area contributed by atoms with E-state index in [0.29, 0.717) is 12.0 Å². The maximum atomic E-state index is 9.57. The number of aryl methyl sites for hydroxylation is 1. The van der Waals surface area contributed by atoms with Crippen molar-refractivity contribution in [3.05, 3.63) is 6.33 Å². The Labute approximate surface area is 142 Å². The Balaban J connectivity index is 1.96. The lowest BCUT2D eigenvalue weighted by molar-refractivity contribution is 0.248. The van der Waals surface area contributed by atoms with Gasteiger partial charge in [-0.15, -0.1) is 0 Å². The molecule has 2 aromatic heterocycles. The quantitative estimate of drug-likeness (QED) is 0.601. The van der Waals surface area contributed by atoms with Gasteiger partial charge in [-0.3, -0.25) is 0 Å². The largest absolute Gasteiger partial charge is 0.394 e. The van der Waals surface area contributed by atoms with E-state index in [4.69, 9.17) is 0 Å². The summed E-state index contributed by atoms with van der Waals surface area (Å²) in [5.74, 6) is 1.56. The second-order valence-corrected chi connectivity index (χ2v) is 6.61. The first-order valence-electron chi connectivity index (χ1n) is 8.69. The number of aromatic nitrogens is 4. The summed E-state index contributed by atoms with van der Waals surface area (Å²) in [7, 11) is 0. The summed E-state index contributed by atoms with van der Waals surface area (Å²) in [6, 6.07) is 0.267. The van der Waals surface area contributed by atoms with Crippen LogP contribution in [0.4, 0.5) is 11.8 Å². The van der Waals surface area contributed by atoms with Gasteiger partial charge in [0.1, 0.15) is 0 Å². The molecule has 0 bridgehead atoms. The van der Waals surface area contributed by atoms with Crippen LogP contribution in [-0.2, 0) is 6.54 Å². The topological polar surface area (TPSA) is 99.9 Å². The fourth-order valence-electron chi connectivity index (χ4n) is 2.90. The van der Waals surface area contributed by atoms with Crippen LogP contribution in [-0.4, -0.2) is 56.4 Å². The third-order valence-electron chi connectivity index (χ3n) is 4.52. The zero-order chi connectivity index (χ0) is 17.1. The van der Waals surface area contributed by atoms with Crippen molar-refractivity contribution in [1.29, 1.82) is 0 Å². The Bertz CT molecular complexity index is 678. The Kier molecular flexibility index (Phi) is 5.15. The Hall–Kier alpha value is -1.93. The predicted molar refractivity (Wildman–Crippen MR) is 95.2 cm³/mol. The number of hydrogen-bond acceptors (Lipinski definition) is 7. The molecule has 2 atom stereocenters. The fourth-order valence-corrected chi connectivity index (χ4v) is 2.90. The van der Waals surface area contributed by atoms with E-state index >= 15 is 0 Å². The van der Waals surface area contributed by atoms with Gasteiger partial charge in [-0.05, 0) is 25.8 Å². The SMILES string of the molecule is CCn1cnc2c(N[C@H]3CCNC3)nc(N[C@@H](CO)C(C)C)nc21. The van der Waals surface area contributed by atoms with Crippen LogP contribution in [0.3, 0.4) is 0 Å². The number of nitrogens with zero attached hydrogens (tertiary/aromatic N) is 4. The van der Waals surface area contributed by atoms with Crippen molar-refractivity contribution < 1.29 is 5.11 Å². The molecule has 0 spiro atoms. The second kappa shape index (κ2) is 7.31. The van der Waals surface area contributed by atoms with Gasteiger partial charge in [0.15, 0.2) is 17.0 Å². The number of fused-ring (bicyclic) bond motifs is 1. The second-order valence-electron chi connectivity index (χ2n) is 6.61. The zero-order valence-corrected chi connectivity index (χ0v) is 14.6. The van der Waals surface area contributed by atoms with Crippen LogP contribution in [0.5, 0.6) is 0 Å². The van der Waals surface area contributed by atoms with Crippen molar-refractivity contribution in [3.8, 4) is 0 Å². The highest BCUT2D eigenvalue weighted by molar-refractivity contribution is 5.84. The van der Waals surface area contributed by atoms with Crippen LogP contribution in [0.15, 0.2) is 6.33 Å². The number of aliphatic hydroxyl groups excluding tert-OH is 1. The molecule has 8 nitrogen and oxygen atoms in total. The van der Waals surface area contributed by atoms with Gasteiger partial charge in [-0.1, -0.05) is 13.8 Å². The number of nitrogens with one attached hydrogen (secondary N) is 3. The van der Waals surface area contributed by atoms with Crippen LogP contribution in [0.25, 0.3) is 11.2 Å². The first kappa shape index (κ1) is 16.9. The number of aliphatic hydroxyl groups is 1. The van der Waals surface area contributed by atoms with E-state index in [9.17, 15) is 5.11 Å². The molecule has 0 unspecified atom stereocenters. The van der Waals surface area contributed by atoms with Gasteiger partial charge in [0, 0.05) is 19.1 Å². The average molecular weight is 333 g/mol. The average Bonchev–Trinajstić information content (AvgIpc) is 3.21. The van der Waals surface area contributed by atoms with Crippen LogP contribution < -0.4 is 16.0 Å². The molecule has 1 aliphatic heterocycles. The van der Waals surface area contributed by atoms with E-state index in [1.807, 2.05) is 4.57 Å². The molecule has 3 rings (SSSR count). The first-order chi connectivity index (χ1) is 11.6. The molecule has 2 aromatic rings. The molecule has 0 radical (unpaired) electrons. The summed E-state index contributed by atoms with van der Waals surface area (Å²) in [6.07, 6.45) is 2.86. The molecule has 24 heavy (non-hydrogen) atoms. The fraction of sp³-hybridized carbons (Fsp3) is 0.688. The standard InChI is InChI=1S/C16H27N7O/c1-4-23-9-18-13-14(19-11-5-6-17-7-11)21-16(22-15(13)23)20-12(8-24)10(2)3/h9-12,17,24H,4-8H2,1-3H3,(H2,19,20,21,22)/t11-,12-/m0/s1. The zero-order valence-electron chi connectivity index (χ0n) is 14.6. The summed E-state index contributed by atoms with van der Waals surface area (Å²) in [5, 5.41) is 19.7. The van der Waals surface area contributed by atoms with Crippen LogP contribution in [0.2, 0.25) is 0 Å². The van der Waals surface area contributed by atoms with E-state index in [1.165, 1.54) is 0 Å². The van der Waals surface area contributed by atoms with Crippen molar-refractivity contribution in [1.82, 2.24) is 24.8 Å². The van der Waals surface area contributed by atoms with E-state index < -0.39 is 0 Å². The molecule has 0 saturated carbocycles. The van der Waals surface area contributed by atoms with Crippen molar-refractivity contribution in [3.63, 3.8) is 0 Å². The van der Waals surface area contributed by atoms with Crippen LogP contribution in [0, 0.1) is 5.92 Å². The van der Waals surface area contributed by atoms with Gasteiger partial charge in [0.2, 0.25) is 5.95 Å². The molecule has 8 heteroatoms. The van der Waals surface area contributed by atoms with E-state index in [1.54, 1.807) is 6.33 Å².